The average Bonchev–Trinajstić information content (AvgIpc) is 3.22. The van der Waals surface area contributed by atoms with Gasteiger partial charge in [0.15, 0.2) is 11.6 Å². The predicted molar refractivity (Wildman–Crippen MR) is 92.2 cm³/mol. The minimum atomic E-state index is -0.318. The molecule has 130 valence electrons. The van der Waals surface area contributed by atoms with Crippen LogP contribution >= 0.6 is 0 Å². The van der Waals surface area contributed by atoms with E-state index >= 15 is 0 Å². The van der Waals surface area contributed by atoms with Crippen LogP contribution in [0.1, 0.15) is 17.2 Å². The second kappa shape index (κ2) is 6.31. The molecule has 0 saturated carbocycles. The Hall–Kier alpha value is -3.69. The number of H-pyrrole nitrogens is 1. The molecular weight excluding hydrogens is 334 g/mol. The standard InChI is InChI=1S/C16H15N9O/c1-9-7-10(2)25-16(18-9)19-12(24-25)8-13(26)20-15-21-14(22-23-15)11-5-3-4-6-17-11/h3-7H,8H2,1-2H3,(H2,20,21,22,23,26). The van der Waals surface area contributed by atoms with E-state index in [2.05, 4.69) is 40.5 Å². The number of carbonyl (C=O) groups is 1. The lowest BCUT2D eigenvalue weighted by Crippen LogP contribution is -2.16. The molecule has 0 fully saturated rings. The molecule has 0 saturated heterocycles. The molecule has 0 bridgehead atoms. The number of rotatable bonds is 4. The molecule has 4 heterocycles. The fourth-order valence-corrected chi connectivity index (χ4v) is 2.53. The Labute approximate surface area is 147 Å². The first-order valence-electron chi connectivity index (χ1n) is 7.92. The van der Waals surface area contributed by atoms with Gasteiger partial charge in [0.2, 0.25) is 11.9 Å². The summed E-state index contributed by atoms with van der Waals surface area (Å²) in [7, 11) is 0. The molecule has 0 atom stereocenters. The van der Waals surface area contributed by atoms with Crippen LogP contribution in [-0.4, -0.2) is 45.7 Å². The van der Waals surface area contributed by atoms with Gasteiger partial charge < -0.3 is 0 Å². The Bertz CT molecular complexity index is 1080. The van der Waals surface area contributed by atoms with Crippen LogP contribution in [0.4, 0.5) is 5.95 Å². The Kier molecular flexibility index (Phi) is 3.84. The molecule has 26 heavy (non-hydrogen) atoms. The van der Waals surface area contributed by atoms with Gasteiger partial charge >= 0.3 is 0 Å². The molecule has 0 aliphatic heterocycles. The first kappa shape index (κ1) is 15.8. The van der Waals surface area contributed by atoms with Crippen LogP contribution < -0.4 is 5.32 Å². The monoisotopic (exact) mass is 349 g/mol. The summed E-state index contributed by atoms with van der Waals surface area (Å²) in [6.45, 7) is 3.80. The Morgan fingerprint density at radius 2 is 2.12 bits per heavy atom. The highest BCUT2D eigenvalue weighted by Crippen LogP contribution is 2.12. The van der Waals surface area contributed by atoms with Gasteiger partial charge in [0, 0.05) is 17.6 Å². The Morgan fingerprint density at radius 3 is 2.92 bits per heavy atom. The first-order chi connectivity index (χ1) is 12.6. The van der Waals surface area contributed by atoms with E-state index in [1.165, 1.54) is 0 Å². The second-order valence-corrected chi connectivity index (χ2v) is 5.73. The van der Waals surface area contributed by atoms with Crippen molar-refractivity contribution in [2.24, 2.45) is 0 Å². The number of carbonyl (C=O) groups excluding carboxylic acids is 1. The Balaban J connectivity index is 1.48. The SMILES string of the molecule is Cc1cc(C)n2nc(CC(=O)Nc3n[nH]c(-c4ccccn4)n3)nc2n1. The van der Waals surface area contributed by atoms with Crippen LogP contribution in [0.2, 0.25) is 0 Å². The number of fused-ring (bicyclic) bond motifs is 1. The van der Waals surface area contributed by atoms with Crippen LogP contribution in [0.15, 0.2) is 30.5 Å². The average molecular weight is 349 g/mol. The van der Waals surface area contributed by atoms with Gasteiger partial charge in [-0.3, -0.25) is 20.2 Å². The molecule has 0 unspecified atom stereocenters. The summed E-state index contributed by atoms with van der Waals surface area (Å²) in [6, 6.07) is 7.35. The van der Waals surface area contributed by atoms with Gasteiger partial charge in [-0.25, -0.2) is 9.50 Å². The minimum absolute atomic E-state index is 0.00465. The number of pyridine rings is 1. The van der Waals surface area contributed by atoms with Crippen LogP contribution in [-0.2, 0) is 11.2 Å². The van der Waals surface area contributed by atoms with Crippen LogP contribution in [0.5, 0.6) is 0 Å². The van der Waals surface area contributed by atoms with Gasteiger partial charge in [-0.15, -0.1) is 10.2 Å². The third-order valence-electron chi connectivity index (χ3n) is 3.62. The highest BCUT2D eigenvalue weighted by molar-refractivity contribution is 5.90. The molecule has 0 aliphatic rings. The van der Waals surface area contributed by atoms with Crippen molar-refractivity contribution in [2.45, 2.75) is 20.3 Å². The van der Waals surface area contributed by atoms with Crippen LogP contribution in [0, 0.1) is 13.8 Å². The maximum atomic E-state index is 12.2. The van der Waals surface area contributed by atoms with Gasteiger partial charge in [-0.1, -0.05) is 6.07 Å². The van der Waals surface area contributed by atoms with Gasteiger partial charge in [0.25, 0.3) is 5.78 Å². The number of aryl methyl sites for hydroxylation is 2. The summed E-state index contributed by atoms with van der Waals surface area (Å²) < 4.78 is 1.61. The Morgan fingerprint density at radius 1 is 1.23 bits per heavy atom. The van der Waals surface area contributed by atoms with E-state index in [-0.39, 0.29) is 18.3 Å². The largest absolute Gasteiger partial charge is 0.293 e. The van der Waals surface area contributed by atoms with Crippen LogP contribution in [0.3, 0.4) is 0 Å². The third kappa shape index (κ3) is 3.11. The van der Waals surface area contributed by atoms with Crippen molar-refractivity contribution in [3.8, 4) is 11.5 Å². The molecule has 1 amide bonds. The number of aromatic nitrogens is 8. The van der Waals surface area contributed by atoms with E-state index in [4.69, 9.17) is 0 Å². The van der Waals surface area contributed by atoms with Crippen molar-refractivity contribution in [1.82, 2.24) is 39.7 Å². The van der Waals surface area contributed by atoms with Crippen molar-refractivity contribution in [1.29, 1.82) is 0 Å². The van der Waals surface area contributed by atoms with Gasteiger partial charge in [-0.05, 0) is 32.0 Å². The lowest BCUT2D eigenvalue weighted by atomic mass is 10.3. The molecule has 10 nitrogen and oxygen atoms in total. The number of aromatic amines is 1. The molecule has 0 aromatic carbocycles. The normalized spacial score (nSPS) is 11.0. The summed E-state index contributed by atoms with van der Waals surface area (Å²) in [5.74, 6) is 1.18. The number of nitrogens with one attached hydrogen (secondary N) is 2. The van der Waals surface area contributed by atoms with Gasteiger partial charge in [0.05, 0.1) is 6.42 Å². The third-order valence-corrected chi connectivity index (χ3v) is 3.62. The number of hydrogen-bond donors (Lipinski definition) is 2. The van der Waals surface area contributed by atoms with Crippen LogP contribution in [0.25, 0.3) is 17.3 Å². The highest BCUT2D eigenvalue weighted by Gasteiger charge is 2.14. The molecule has 10 heteroatoms. The number of hydrogen-bond acceptors (Lipinski definition) is 7. The van der Waals surface area contributed by atoms with E-state index in [1.807, 2.05) is 32.0 Å². The molecule has 4 aromatic rings. The highest BCUT2D eigenvalue weighted by atomic mass is 16.1. The molecule has 0 spiro atoms. The maximum Gasteiger partial charge on any atom is 0.252 e. The van der Waals surface area contributed by atoms with Crippen molar-refractivity contribution < 1.29 is 4.79 Å². The molecule has 0 aliphatic carbocycles. The molecule has 2 N–H and O–H groups in total. The van der Waals surface area contributed by atoms with Crippen molar-refractivity contribution in [3.63, 3.8) is 0 Å². The van der Waals surface area contributed by atoms with E-state index < -0.39 is 0 Å². The minimum Gasteiger partial charge on any atom is -0.293 e. The summed E-state index contributed by atoms with van der Waals surface area (Å²) in [5.41, 5.74) is 2.39. The van der Waals surface area contributed by atoms with Crippen molar-refractivity contribution in [2.75, 3.05) is 5.32 Å². The fraction of sp³-hybridized carbons (Fsp3) is 0.188. The second-order valence-electron chi connectivity index (χ2n) is 5.73. The summed E-state index contributed by atoms with van der Waals surface area (Å²) in [4.78, 5) is 29.2. The summed E-state index contributed by atoms with van der Waals surface area (Å²) in [6.07, 6.45) is 1.65. The zero-order valence-electron chi connectivity index (χ0n) is 14.1. The number of anilines is 1. The zero-order valence-corrected chi connectivity index (χ0v) is 14.1. The maximum absolute atomic E-state index is 12.2. The quantitative estimate of drug-likeness (QED) is 0.565. The summed E-state index contributed by atoms with van der Waals surface area (Å²) in [5, 5.41) is 13.7. The molecule has 4 rings (SSSR count). The van der Waals surface area contributed by atoms with E-state index in [0.29, 0.717) is 23.1 Å². The molecular formula is C16H15N9O. The van der Waals surface area contributed by atoms with Gasteiger partial charge in [-0.2, -0.15) is 9.97 Å². The predicted octanol–water partition coefficient (Wildman–Crippen LogP) is 1.10. The number of amides is 1. The summed E-state index contributed by atoms with van der Waals surface area (Å²) >= 11 is 0. The lowest BCUT2D eigenvalue weighted by molar-refractivity contribution is -0.115. The fourth-order valence-electron chi connectivity index (χ4n) is 2.53. The topological polar surface area (TPSA) is 127 Å². The number of nitrogens with zero attached hydrogens (tertiary/aromatic N) is 7. The van der Waals surface area contributed by atoms with E-state index in [0.717, 1.165) is 11.4 Å². The van der Waals surface area contributed by atoms with Crippen molar-refractivity contribution >= 4 is 17.6 Å². The smallest absolute Gasteiger partial charge is 0.252 e. The first-order valence-corrected chi connectivity index (χ1v) is 7.92. The molecule has 0 radical (unpaired) electrons. The van der Waals surface area contributed by atoms with E-state index in [9.17, 15) is 4.79 Å². The van der Waals surface area contributed by atoms with Gasteiger partial charge in [0.1, 0.15) is 5.69 Å². The molecule has 4 aromatic heterocycles. The zero-order chi connectivity index (χ0) is 18.1. The van der Waals surface area contributed by atoms with E-state index in [1.54, 1.807) is 16.8 Å². The lowest BCUT2D eigenvalue weighted by Gasteiger charge is -1.98. The van der Waals surface area contributed by atoms with Crippen molar-refractivity contribution in [3.05, 3.63) is 47.7 Å².